The number of aromatic nitrogens is 3. The summed E-state index contributed by atoms with van der Waals surface area (Å²) in [5.74, 6) is 2.21. The highest BCUT2D eigenvalue weighted by atomic mass is 19.1. The van der Waals surface area contributed by atoms with E-state index < -0.39 is 5.82 Å². The highest BCUT2D eigenvalue weighted by molar-refractivity contribution is 5.92. The number of methoxy groups -OCH3 is 1. The Morgan fingerprint density at radius 2 is 1.84 bits per heavy atom. The summed E-state index contributed by atoms with van der Waals surface area (Å²) in [7, 11) is 1.57. The summed E-state index contributed by atoms with van der Waals surface area (Å²) in [5.41, 5.74) is 4.51. The summed E-state index contributed by atoms with van der Waals surface area (Å²) < 4.78 is 30.7. The van der Waals surface area contributed by atoms with E-state index in [0.29, 0.717) is 34.9 Å². The molecule has 0 radical (unpaired) electrons. The largest absolute Gasteiger partial charge is 0.488 e. The van der Waals surface area contributed by atoms with Crippen LogP contribution in [0.2, 0.25) is 0 Å². The molecule has 2 heterocycles. The lowest BCUT2D eigenvalue weighted by atomic mass is 9.70. The Labute approximate surface area is 217 Å². The molecule has 0 spiro atoms. The SMILES string of the molecule is COCCOc1cc2[nH]nc(-c3cc(-c4ccc(C5CCC(C)C(C)CC5(C)C)cc4)no3)c2cc1F. The first-order chi connectivity index (χ1) is 17.8. The quantitative estimate of drug-likeness (QED) is 0.207. The molecule has 1 aliphatic rings. The molecule has 0 saturated heterocycles. The predicted molar refractivity (Wildman–Crippen MR) is 143 cm³/mol. The molecule has 37 heavy (non-hydrogen) atoms. The third-order valence-corrected chi connectivity index (χ3v) is 8.19. The number of aromatic amines is 1. The van der Waals surface area contributed by atoms with Crippen LogP contribution in [0.3, 0.4) is 0 Å². The van der Waals surface area contributed by atoms with Crippen LogP contribution in [-0.4, -0.2) is 35.7 Å². The van der Waals surface area contributed by atoms with Crippen molar-refractivity contribution in [1.82, 2.24) is 15.4 Å². The molecule has 5 rings (SSSR count). The van der Waals surface area contributed by atoms with E-state index >= 15 is 0 Å². The monoisotopic (exact) mass is 505 g/mol. The fraction of sp³-hybridized carbons (Fsp3) is 0.467. The second-order valence-corrected chi connectivity index (χ2v) is 11.2. The Kier molecular flexibility index (Phi) is 7.08. The van der Waals surface area contributed by atoms with Gasteiger partial charge in [-0.1, -0.05) is 57.1 Å². The van der Waals surface area contributed by atoms with Crippen molar-refractivity contribution < 1.29 is 18.4 Å². The second-order valence-electron chi connectivity index (χ2n) is 11.2. The topological polar surface area (TPSA) is 73.2 Å². The van der Waals surface area contributed by atoms with Gasteiger partial charge in [-0.2, -0.15) is 5.10 Å². The molecule has 196 valence electrons. The van der Waals surface area contributed by atoms with E-state index in [0.717, 1.165) is 23.1 Å². The summed E-state index contributed by atoms with van der Waals surface area (Å²) >= 11 is 0. The van der Waals surface area contributed by atoms with E-state index in [9.17, 15) is 4.39 Å². The number of nitrogens with zero attached hydrogens (tertiary/aromatic N) is 2. The number of nitrogens with one attached hydrogen (secondary N) is 1. The van der Waals surface area contributed by atoms with Gasteiger partial charge < -0.3 is 14.0 Å². The minimum atomic E-state index is -0.466. The molecule has 1 saturated carbocycles. The molecule has 4 aromatic rings. The zero-order valence-electron chi connectivity index (χ0n) is 22.3. The zero-order valence-corrected chi connectivity index (χ0v) is 22.3. The molecular formula is C30H36FN3O3. The number of rotatable bonds is 7. The number of ether oxygens (including phenoxy) is 2. The first-order valence-corrected chi connectivity index (χ1v) is 13.1. The third-order valence-electron chi connectivity index (χ3n) is 8.19. The first kappa shape index (κ1) is 25.5. The van der Waals surface area contributed by atoms with Gasteiger partial charge in [0, 0.05) is 30.2 Å². The molecule has 2 aromatic carbocycles. The van der Waals surface area contributed by atoms with Gasteiger partial charge >= 0.3 is 0 Å². The van der Waals surface area contributed by atoms with Gasteiger partial charge in [0.15, 0.2) is 17.3 Å². The Morgan fingerprint density at radius 1 is 1.05 bits per heavy atom. The van der Waals surface area contributed by atoms with Crippen molar-refractivity contribution in [2.45, 2.75) is 52.9 Å². The summed E-state index contributed by atoms with van der Waals surface area (Å²) in [6.07, 6.45) is 3.72. The lowest BCUT2D eigenvalue weighted by Crippen LogP contribution is -2.23. The summed E-state index contributed by atoms with van der Waals surface area (Å²) in [4.78, 5) is 0. The normalized spacial score (nSPS) is 21.7. The molecule has 1 fully saturated rings. The van der Waals surface area contributed by atoms with Crippen molar-refractivity contribution in [3.05, 3.63) is 53.8 Å². The molecule has 1 aliphatic carbocycles. The average molecular weight is 506 g/mol. The molecule has 7 heteroatoms. The minimum absolute atomic E-state index is 0.152. The predicted octanol–water partition coefficient (Wildman–Crippen LogP) is 7.62. The van der Waals surface area contributed by atoms with Crippen LogP contribution < -0.4 is 4.74 Å². The molecule has 2 aromatic heterocycles. The average Bonchev–Trinajstić information content (AvgIpc) is 3.49. The van der Waals surface area contributed by atoms with Gasteiger partial charge in [-0.05, 0) is 54.1 Å². The van der Waals surface area contributed by atoms with Gasteiger partial charge in [0.1, 0.15) is 18.0 Å². The number of benzene rings is 2. The Balaban J connectivity index is 1.37. The maximum absolute atomic E-state index is 14.7. The number of H-pyrrole nitrogens is 1. The number of hydrogen-bond donors (Lipinski definition) is 1. The lowest BCUT2D eigenvalue weighted by Gasteiger charge is -2.34. The number of halogens is 1. The second kappa shape index (κ2) is 10.3. The van der Waals surface area contributed by atoms with Crippen molar-refractivity contribution in [1.29, 1.82) is 0 Å². The van der Waals surface area contributed by atoms with E-state index in [1.165, 1.54) is 30.9 Å². The molecule has 0 bridgehead atoms. The molecule has 0 amide bonds. The van der Waals surface area contributed by atoms with E-state index in [1.54, 1.807) is 13.2 Å². The van der Waals surface area contributed by atoms with E-state index in [4.69, 9.17) is 14.0 Å². The van der Waals surface area contributed by atoms with Crippen LogP contribution in [0, 0.1) is 23.1 Å². The Morgan fingerprint density at radius 3 is 2.59 bits per heavy atom. The van der Waals surface area contributed by atoms with Crippen LogP contribution in [0.25, 0.3) is 33.6 Å². The van der Waals surface area contributed by atoms with Crippen LogP contribution in [0.5, 0.6) is 5.75 Å². The molecular weight excluding hydrogens is 469 g/mol. The highest BCUT2D eigenvalue weighted by Crippen LogP contribution is 2.48. The van der Waals surface area contributed by atoms with E-state index in [2.05, 4.69) is 67.3 Å². The van der Waals surface area contributed by atoms with Gasteiger partial charge in [-0.3, -0.25) is 5.10 Å². The number of hydrogen-bond acceptors (Lipinski definition) is 5. The van der Waals surface area contributed by atoms with Gasteiger partial charge in [0.25, 0.3) is 0 Å². The van der Waals surface area contributed by atoms with Crippen LogP contribution in [0.4, 0.5) is 4.39 Å². The smallest absolute Gasteiger partial charge is 0.188 e. The van der Waals surface area contributed by atoms with E-state index in [-0.39, 0.29) is 17.8 Å². The van der Waals surface area contributed by atoms with Crippen molar-refractivity contribution in [3.63, 3.8) is 0 Å². The fourth-order valence-electron chi connectivity index (χ4n) is 5.86. The van der Waals surface area contributed by atoms with Crippen LogP contribution in [-0.2, 0) is 4.74 Å². The minimum Gasteiger partial charge on any atom is -0.488 e. The van der Waals surface area contributed by atoms with Gasteiger partial charge in [0.2, 0.25) is 0 Å². The molecule has 3 unspecified atom stereocenters. The maximum Gasteiger partial charge on any atom is 0.188 e. The lowest BCUT2D eigenvalue weighted by molar-refractivity contribution is 0.144. The maximum atomic E-state index is 14.7. The highest BCUT2D eigenvalue weighted by Gasteiger charge is 2.36. The van der Waals surface area contributed by atoms with Crippen molar-refractivity contribution in [2.75, 3.05) is 20.3 Å². The summed E-state index contributed by atoms with van der Waals surface area (Å²) in [6, 6.07) is 13.6. The standard InChI is InChI=1S/C30H36FN3O3/c1-18-6-11-23(30(3,4)17-19(18)2)20-7-9-21(10-8-20)25-15-28(37-34-25)29-22-14-24(31)27(36-13-12-35-5)16-26(22)32-33-29/h7-10,14-16,18-19,23H,6,11-13,17H2,1-5H3,(H,32,33). The van der Waals surface area contributed by atoms with Gasteiger partial charge in [0.05, 0.1) is 12.1 Å². The summed E-state index contributed by atoms with van der Waals surface area (Å²) in [6.45, 7) is 10.3. The molecule has 3 atom stereocenters. The Bertz CT molecular complexity index is 1360. The number of fused-ring (bicyclic) bond motifs is 1. The zero-order chi connectivity index (χ0) is 26.2. The molecule has 0 aliphatic heterocycles. The van der Waals surface area contributed by atoms with Crippen LogP contribution in [0.1, 0.15) is 58.4 Å². The van der Waals surface area contributed by atoms with Crippen molar-refractivity contribution in [2.24, 2.45) is 17.3 Å². The molecule has 1 N–H and O–H groups in total. The molecule has 6 nitrogen and oxygen atoms in total. The summed E-state index contributed by atoms with van der Waals surface area (Å²) in [5, 5.41) is 12.2. The van der Waals surface area contributed by atoms with Gasteiger partial charge in [-0.25, -0.2) is 4.39 Å². The van der Waals surface area contributed by atoms with Crippen LogP contribution in [0.15, 0.2) is 47.0 Å². The van der Waals surface area contributed by atoms with Crippen molar-refractivity contribution >= 4 is 10.9 Å². The van der Waals surface area contributed by atoms with Crippen molar-refractivity contribution in [3.8, 4) is 28.5 Å². The van der Waals surface area contributed by atoms with Crippen LogP contribution >= 0.6 is 0 Å². The third kappa shape index (κ3) is 5.14. The van der Waals surface area contributed by atoms with Gasteiger partial charge in [-0.15, -0.1) is 0 Å². The fourth-order valence-corrected chi connectivity index (χ4v) is 5.86. The first-order valence-electron chi connectivity index (χ1n) is 13.1. The Hall–Kier alpha value is -3.19. The van der Waals surface area contributed by atoms with E-state index in [1.807, 2.05) is 6.07 Å².